The molecule has 6 nitrogen and oxygen atoms in total. The van der Waals surface area contributed by atoms with Crippen LogP contribution in [0.3, 0.4) is 0 Å². The van der Waals surface area contributed by atoms with E-state index in [4.69, 9.17) is 4.74 Å². The molecule has 0 aromatic carbocycles. The summed E-state index contributed by atoms with van der Waals surface area (Å²) in [6.45, 7) is 1.28. The summed E-state index contributed by atoms with van der Waals surface area (Å²) in [6, 6.07) is 1.40. The predicted octanol–water partition coefficient (Wildman–Crippen LogP) is 1.86. The molecule has 0 spiro atoms. The summed E-state index contributed by atoms with van der Waals surface area (Å²) in [5.74, 6) is -1.47. The third kappa shape index (κ3) is 3.05. The molecule has 0 radical (unpaired) electrons. The van der Waals surface area contributed by atoms with E-state index in [1.54, 1.807) is 22.6 Å². The Labute approximate surface area is 116 Å². The number of nitrogens with one attached hydrogen (secondary N) is 1. The first-order valence-corrected chi connectivity index (χ1v) is 6.52. The van der Waals surface area contributed by atoms with E-state index >= 15 is 0 Å². The summed E-state index contributed by atoms with van der Waals surface area (Å²) in [4.78, 5) is 13.0. The van der Waals surface area contributed by atoms with Gasteiger partial charge in [-0.2, -0.15) is 4.39 Å². The van der Waals surface area contributed by atoms with E-state index in [2.05, 4.69) is 10.3 Å². The molecule has 1 saturated heterocycles. The van der Waals surface area contributed by atoms with Crippen LogP contribution in [0.1, 0.15) is 12.8 Å². The number of rotatable bonds is 4. The van der Waals surface area contributed by atoms with E-state index in [0.29, 0.717) is 10.2 Å². The summed E-state index contributed by atoms with van der Waals surface area (Å²) in [5, 5.41) is 13.7. The smallest absolute Gasteiger partial charge is 0.368 e. The van der Waals surface area contributed by atoms with E-state index in [1.807, 2.05) is 0 Å². The van der Waals surface area contributed by atoms with E-state index in [0.717, 1.165) is 19.4 Å². The number of nitrogens with zero attached hydrogens (tertiary/aromatic N) is 2. The van der Waals surface area contributed by atoms with Crippen molar-refractivity contribution in [2.45, 2.75) is 18.9 Å². The van der Waals surface area contributed by atoms with Crippen LogP contribution in [0.2, 0.25) is 0 Å². The second-order valence-corrected chi connectivity index (χ2v) is 5.11. The standard InChI is InChI=1S/C10H11FIN3O3/c11-10-9(18-5-6-2-1-3-13-6)7(12)4-8(14-10)15(16)17/h4,6,13H,1-3,5H2/t6-/m0/s1. The Bertz CT molecular complexity index is 443. The zero-order valence-electron chi connectivity index (χ0n) is 9.36. The van der Waals surface area contributed by atoms with Crippen molar-refractivity contribution in [1.82, 2.24) is 10.3 Å². The first-order valence-electron chi connectivity index (χ1n) is 5.44. The lowest BCUT2D eigenvalue weighted by Crippen LogP contribution is -2.28. The summed E-state index contributed by atoms with van der Waals surface area (Å²) < 4.78 is 19.3. The van der Waals surface area contributed by atoms with E-state index < -0.39 is 16.7 Å². The molecule has 2 heterocycles. The lowest BCUT2D eigenvalue weighted by Gasteiger charge is -2.12. The molecule has 1 fully saturated rings. The number of ether oxygens (including phenoxy) is 1. The van der Waals surface area contributed by atoms with Gasteiger partial charge in [0.05, 0.1) is 9.64 Å². The second-order valence-electron chi connectivity index (χ2n) is 3.94. The number of aromatic nitrogens is 1. The van der Waals surface area contributed by atoms with E-state index in [-0.39, 0.29) is 11.8 Å². The number of hydrogen-bond donors (Lipinski definition) is 1. The zero-order chi connectivity index (χ0) is 13.1. The van der Waals surface area contributed by atoms with Gasteiger partial charge in [0.25, 0.3) is 0 Å². The highest BCUT2D eigenvalue weighted by Crippen LogP contribution is 2.27. The first-order chi connectivity index (χ1) is 8.58. The van der Waals surface area contributed by atoms with Crippen LogP contribution in [0.15, 0.2) is 6.07 Å². The predicted molar refractivity (Wildman–Crippen MR) is 70.1 cm³/mol. The Morgan fingerprint density at radius 3 is 3.06 bits per heavy atom. The molecule has 0 aliphatic carbocycles. The minimum Gasteiger partial charge on any atom is -0.484 e. The highest BCUT2D eigenvalue weighted by molar-refractivity contribution is 14.1. The Balaban J connectivity index is 2.10. The van der Waals surface area contributed by atoms with Crippen molar-refractivity contribution in [2.75, 3.05) is 13.2 Å². The van der Waals surface area contributed by atoms with Crippen LogP contribution in [-0.2, 0) is 0 Å². The molecule has 2 rings (SSSR count). The van der Waals surface area contributed by atoms with Crippen molar-refractivity contribution in [3.63, 3.8) is 0 Å². The van der Waals surface area contributed by atoms with Crippen LogP contribution < -0.4 is 10.1 Å². The van der Waals surface area contributed by atoms with Gasteiger partial charge in [0.2, 0.25) is 5.75 Å². The van der Waals surface area contributed by atoms with Gasteiger partial charge < -0.3 is 20.2 Å². The third-order valence-corrected chi connectivity index (χ3v) is 3.45. The van der Waals surface area contributed by atoms with Gasteiger partial charge >= 0.3 is 11.8 Å². The van der Waals surface area contributed by atoms with Crippen molar-refractivity contribution in [2.24, 2.45) is 0 Å². The molecule has 1 aliphatic heterocycles. The van der Waals surface area contributed by atoms with E-state index in [9.17, 15) is 14.5 Å². The van der Waals surface area contributed by atoms with Gasteiger partial charge in [-0.1, -0.05) is 0 Å². The van der Waals surface area contributed by atoms with Crippen LogP contribution in [0, 0.1) is 19.6 Å². The molecule has 18 heavy (non-hydrogen) atoms. The number of hydrogen-bond acceptors (Lipinski definition) is 5. The first kappa shape index (κ1) is 13.4. The molecule has 1 atom stereocenters. The zero-order valence-corrected chi connectivity index (χ0v) is 11.5. The fourth-order valence-corrected chi connectivity index (χ4v) is 2.42. The van der Waals surface area contributed by atoms with Crippen molar-refractivity contribution in [3.8, 4) is 5.75 Å². The molecule has 0 bridgehead atoms. The highest BCUT2D eigenvalue weighted by Gasteiger charge is 2.22. The van der Waals surface area contributed by atoms with Gasteiger partial charge in [0.15, 0.2) is 0 Å². The van der Waals surface area contributed by atoms with Crippen molar-refractivity contribution in [1.29, 1.82) is 0 Å². The maximum absolute atomic E-state index is 13.6. The lowest BCUT2D eigenvalue weighted by atomic mass is 10.2. The fourth-order valence-electron chi connectivity index (χ4n) is 1.77. The van der Waals surface area contributed by atoms with Crippen LogP contribution in [-0.4, -0.2) is 29.1 Å². The topological polar surface area (TPSA) is 77.3 Å². The normalized spacial score (nSPS) is 18.9. The summed E-state index contributed by atoms with van der Waals surface area (Å²) in [7, 11) is 0. The fraction of sp³-hybridized carbons (Fsp3) is 0.500. The van der Waals surface area contributed by atoms with Crippen molar-refractivity contribution >= 4 is 28.4 Å². The maximum Gasteiger partial charge on any atom is 0.368 e. The molecule has 1 N–H and O–H groups in total. The lowest BCUT2D eigenvalue weighted by molar-refractivity contribution is -0.390. The molecule has 1 aliphatic rings. The Hall–Kier alpha value is -1.03. The molecular formula is C10H11FIN3O3. The average molecular weight is 367 g/mol. The monoisotopic (exact) mass is 367 g/mol. The SMILES string of the molecule is O=[N+]([O-])c1cc(I)c(OC[C@@H]2CCCN2)c(F)n1. The Morgan fingerprint density at radius 1 is 1.72 bits per heavy atom. The second kappa shape index (κ2) is 5.74. The Morgan fingerprint density at radius 2 is 2.50 bits per heavy atom. The molecule has 0 saturated carbocycles. The van der Waals surface area contributed by atoms with Crippen molar-refractivity contribution < 1.29 is 14.1 Å². The average Bonchev–Trinajstić information content (AvgIpc) is 2.80. The van der Waals surface area contributed by atoms with Gasteiger partial charge in [-0.25, -0.2) is 0 Å². The van der Waals surface area contributed by atoms with Crippen molar-refractivity contribution in [3.05, 3.63) is 25.7 Å². The van der Waals surface area contributed by atoms with Gasteiger partial charge in [-0.3, -0.25) is 0 Å². The van der Waals surface area contributed by atoms with Gasteiger partial charge in [-0.15, -0.1) is 0 Å². The van der Waals surface area contributed by atoms with Crippen LogP contribution in [0.25, 0.3) is 0 Å². The summed E-state index contributed by atoms with van der Waals surface area (Å²) >= 11 is 1.80. The molecule has 0 unspecified atom stereocenters. The summed E-state index contributed by atoms with van der Waals surface area (Å²) in [6.07, 6.45) is 2.06. The van der Waals surface area contributed by atoms with E-state index in [1.165, 1.54) is 6.07 Å². The van der Waals surface area contributed by atoms with Crippen LogP contribution in [0.5, 0.6) is 5.75 Å². The molecule has 0 amide bonds. The molecule has 1 aromatic heterocycles. The minimum atomic E-state index is -0.938. The largest absolute Gasteiger partial charge is 0.484 e. The number of halogens is 2. The quantitative estimate of drug-likeness (QED) is 0.381. The summed E-state index contributed by atoms with van der Waals surface area (Å²) in [5.41, 5.74) is 0. The molecule has 1 aromatic rings. The van der Waals surface area contributed by atoms with Crippen LogP contribution >= 0.6 is 22.6 Å². The van der Waals surface area contributed by atoms with Gasteiger partial charge in [0.1, 0.15) is 6.61 Å². The maximum atomic E-state index is 13.6. The Kier molecular flexibility index (Phi) is 4.27. The number of nitro groups is 1. The van der Waals surface area contributed by atoms with Gasteiger partial charge in [-0.05, 0) is 51.9 Å². The molecular weight excluding hydrogens is 356 g/mol. The molecule has 8 heteroatoms. The van der Waals surface area contributed by atoms with Gasteiger partial charge in [0, 0.05) is 6.04 Å². The minimum absolute atomic E-state index is 0.0186. The number of pyridine rings is 1. The van der Waals surface area contributed by atoms with Crippen LogP contribution in [0.4, 0.5) is 10.2 Å². The molecule has 98 valence electrons. The highest BCUT2D eigenvalue weighted by atomic mass is 127. The third-order valence-electron chi connectivity index (χ3n) is 2.65.